The van der Waals surface area contributed by atoms with Gasteiger partial charge >= 0.3 is 0 Å². The van der Waals surface area contributed by atoms with Crippen molar-refractivity contribution >= 4 is 22.4 Å². The molecule has 4 nitrogen and oxygen atoms in total. The maximum Gasteiger partial charge on any atom is 0.195 e. The Hall–Kier alpha value is -2.59. The monoisotopic (exact) mass is 359 g/mol. The number of ketones is 1. The van der Waals surface area contributed by atoms with E-state index in [0.717, 1.165) is 59.2 Å². The molecular formula is C23H25N3O. The predicted octanol–water partition coefficient (Wildman–Crippen LogP) is 4.09. The molecule has 5 rings (SSSR count). The smallest absolute Gasteiger partial charge is 0.195 e. The van der Waals surface area contributed by atoms with Gasteiger partial charge in [-0.05, 0) is 61.2 Å². The Kier molecular flexibility index (Phi) is 3.50. The first-order chi connectivity index (χ1) is 13.0. The number of hydrogen-bond donors (Lipinski definition) is 3. The standard InChI is InChI=1S/C23H25N3O/c1-23(2)18-6-3-14(13-7-9-25-10-8-13)11-17(18)21(27)20-16-5-4-15(24)12-19(16)26-22(20)23/h3-6,11-13,25-26H,7-10,24H2,1-2H3. The van der Waals surface area contributed by atoms with E-state index < -0.39 is 0 Å². The quantitative estimate of drug-likeness (QED) is 0.573. The summed E-state index contributed by atoms with van der Waals surface area (Å²) in [6.45, 7) is 6.49. The number of nitrogen functional groups attached to an aromatic ring is 1. The Morgan fingerprint density at radius 3 is 2.63 bits per heavy atom. The fourth-order valence-corrected chi connectivity index (χ4v) is 4.89. The van der Waals surface area contributed by atoms with Crippen LogP contribution in [0.5, 0.6) is 0 Å². The van der Waals surface area contributed by atoms with Gasteiger partial charge in [-0.25, -0.2) is 0 Å². The highest BCUT2D eigenvalue weighted by atomic mass is 16.1. The fraction of sp³-hybridized carbons (Fsp3) is 0.348. The van der Waals surface area contributed by atoms with E-state index in [1.807, 2.05) is 18.2 Å². The van der Waals surface area contributed by atoms with E-state index in [-0.39, 0.29) is 11.2 Å². The Balaban J connectivity index is 1.70. The van der Waals surface area contributed by atoms with Crippen LogP contribution in [0.3, 0.4) is 0 Å². The zero-order valence-electron chi connectivity index (χ0n) is 15.9. The first kappa shape index (κ1) is 16.6. The number of carbonyl (C=O) groups is 1. The van der Waals surface area contributed by atoms with Gasteiger partial charge in [-0.15, -0.1) is 0 Å². The molecule has 0 amide bonds. The van der Waals surface area contributed by atoms with Crippen molar-refractivity contribution in [3.05, 3.63) is 64.3 Å². The summed E-state index contributed by atoms with van der Waals surface area (Å²) >= 11 is 0. The second-order valence-corrected chi connectivity index (χ2v) is 8.46. The number of hydrogen-bond acceptors (Lipinski definition) is 3. The number of carbonyl (C=O) groups excluding carboxylic acids is 1. The molecule has 138 valence electrons. The molecule has 1 saturated heterocycles. The number of nitrogens with two attached hydrogens (primary N) is 1. The second kappa shape index (κ2) is 5.70. The van der Waals surface area contributed by atoms with Gasteiger partial charge in [-0.2, -0.15) is 0 Å². The van der Waals surface area contributed by atoms with Crippen LogP contribution in [0.2, 0.25) is 0 Å². The number of aromatic amines is 1. The molecule has 0 unspecified atom stereocenters. The highest BCUT2D eigenvalue weighted by Crippen LogP contribution is 2.44. The van der Waals surface area contributed by atoms with Gasteiger partial charge in [0.25, 0.3) is 0 Å². The minimum atomic E-state index is -0.251. The summed E-state index contributed by atoms with van der Waals surface area (Å²) in [7, 11) is 0. The van der Waals surface area contributed by atoms with Crippen LogP contribution in [0.15, 0.2) is 36.4 Å². The van der Waals surface area contributed by atoms with Crippen LogP contribution in [0.1, 0.15) is 65.3 Å². The number of nitrogens with one attached hydrogen (secondary N) is 2. The number of anilines is 1. The van der Waals surface area contributed by atoms with E-state index in [4.69, 9.17) is 5.73 Å². The zero-order valence-corrected chi connectivity index (χ0v) is 15.9. The lowest BCUT2D eigenvalue weighted by Crippen LogP contribution is -2.31. The summed E-state index contributed by atoms with van der Waals surface area (Å²) in [5.41, 5.74) is 12.4. The summed E-state index contributed by atoms with van der Waals surface area (Å²) in [6, 6.07) is 12.3. The predicted molar refractivity (Wildman–Crippen MR) is 110 cm³/mol. The topological polar surface area (TPSA) is 70.9 Å². The van der Waals surface area contributed by atoms with Crippen LogP contribution >= 0.6 is 0 Å². The number of aromatic nitrogens is 1. The molecule has 1 aliphatic carbocycles. The molecule has 2 aromatic carbocycles. The molecule has 0 saturated carbocycles. The SMILES string of the molecule is CC1(C)c2ccc(C3CCNCC3)cc2C(=O)c2c1[nH]c1cc(N)ccc21. The van der Waals surface area contributed by atoms with Crippen molar-refractivity contribution in [2.24, 2.45) is 0 Å². The molecule has 2 heterocycles. The number of benzene rings is 2. The summed E-state index contributed by atoms with van der Waals surface area (Å²) in [5, 5.41) is 4.39. The second-order valence-electron chi connectivity index (χ2n) is 8.46. The molecule has 4 N–H and O–H groups in total. The molecular weight excluding hydrogens is 334 g/mol. The number of piperidine rings is 1. The average Bonchev–Trinajstić information content (AvgIpc) is 3.06. The normalized spacial score (nSPS) is 19.1. The van der Waals surface area contributed by atoms with E-state index in [1.165, 1.54) is 5.56 Å². The van der Waals surface area contributed by atoms with Crippen LogP contribution in [0.4, 0.5) is 5.69 Å². The van der Waals surface area contributed by atoms with Gasteiger partial charge in [-0.3, -0.25) is 4.79 Å². The number of H-pyrrole nitrogens is 1. The molecule has 4 heteroatoms. The molecule has 3 aromatic rings. The molecule has 0 spiro atoms. The third-order valence-electron chi connectivity index (χ3n) is 6.45. The molecule has 1 fully saturated rings. The number of rotatable bonds is 1. The lowest BCUT2D eigenvalue weighted by atomic mass is 9.70. The molecule has 0 bridgehead atoms. The first-order valence-corrected chi connectivity index (χ1v) is 9.78. The van der Waals surface area contributed by atoms with Crippen LogP contribution in [0, 0.1) is 0 Å². The molecule has 0 atom stereocenters. The number of fused-ring (bicyclic) bond motifs is 4. The first-order valence-electron chi connectivity index (χ1n) is 9.78. The Labute approximate surface area is 159 Å². The van der Waals surface area contributed by atoms with Gasteiger partial charge in [0.05, 0.1) is 5.56 Å². The molecule has 0 radical (unpaired) electrons. The highest BCUT2D eigenvalue weighted by Gasteiger charge is 2.39. The van der Waals surface area contributed by atoms with Gasteiger partial charge in [0.15, 0.2) is 5.78 Å². The minimum absolute atomic E-state index is 0.131. The summed E-state index contributed by atoms with van der Waals surface area (Å²) in [6.07, 6.45) is 2.27. The van der Waals surface area contributed by atoms with Gasteiger partial charge in [0.1, 0.15) is 0 Å². The van der Waals surface area contributed by atoms with E-state index in [2.05, 4.69) is 42.3 Å². The lowest BCUT2D eigenvalue weighted by Gasteiger charge is -2.33. The third kappa shape index (κ3) is 2.36. The van der Waals surface area contributed by atoms with Gasteiger partial charge in [0, 0.05) is 33.3 Å². The molecule has 27 heavy (non-hydrogen) atoms. The summed E-state index contributed by atoms with van der Waals surface area (Å²) in [4.78, 5) is 17.0. The Morgan fingerprint density at radius 2 is 1.85 bits per heavy atom. The van der Waals surface area contributed by atoms with Crippen molar-refractivity contribution in [3.63, 3.8) is 0 Å². The third-order valence-corrected chi connectivity index (χ3v) is 6.45. The lowest BCUT2D eigenvalue weighted by molar-refractivity contribution is 0.103. The van der Waals surface area contributed by atoms with E-state index in [1.54, 1.807) is 0 Å². The molecule has 2 aliphatic rings. The highest BCUT2D eigenvalue weighted by molar-refractivity contribution is 6.20. The minimum Gasteiger partial charge on any atom is -0.399 e. The van der Waals surface area contributed by atoms with Crippen molar-refractivity contribution in [2.75, 3.05) is 18.8 Å². The molecule has 1 aliphatic heterocycles. The molecule has 1 aromatic heterocycles. The van der Waals surface area contributed by atoms with Crippen molar-refractivity contribution < 1.29 is 4.79 Å². The van der Waals surface area contributed by atoms with Crippen molar-refractivity contribution in [3.8, 4) is 0 Å². The Morgan fingerprint density at radius 1 is 1.07 bits per heavy atom. The summed E-state index contributed by atoms with van der Waals surface area (Å²) in [5.74, 6) is 0.669. The van der Waals surface area contributed by atoms with Gasteiger partial charge in [-0.1, -0.05) is 32.0 Å². The van der Waals surface area contributed by atoms with E-state index in [9.17, 15) is 4.79 Å². The van der Waals surface area contributed by atoms with Crippen LogP contribution in [0.25, 0.3) is 10.9 Å². The zero-order chi connectivity index (χ0) is 18.8. The van der Waals surface area contributed by atoms with Crippen LogP contribution in [-0.2, 0) is 5.41 Å². The maximum atomic E-state index is 13.5. The maximum absolute atomic E-state index is 13.5. The van der Waals surface area contributed by atoms with Gasteiger partial charge < -0.3 is 16.0 Å². The average molecular weight is 359 g/mol. The van der Waals surface area contributed by atoms with Gasteiger partial charge in [0.2, 0.25) is 0 Å². The van der Waals surface area contributed by atoms with E-state index in [0.29, 0.717) is 11.6 Å². The van der Waals surface area contributed by atoms with E-state index >= 15 is 0 Å². The summed E-state index contributed by atoms with van der Waals surface area (Å²) < 4.78 is 0. The largest absolute Gasteiger partial charge is 0.399 e. The van der Waals surface area contributed by atoms with Crippen molar-refractivity contribution in [1.29, 1.82) is 0 Å². The fourth-order valence-electron chi connectivity index (χ4n) is 4.89. The van der Waals surface area contributed by atoms with Crippen molar-refractivity contribution in [1.82, 2.24) is 10.3 Å². The van der Waals surface area contributed by atoms with Crippen LogP contribution in [-0.4, -0.2) is 23.9 Å². The Bertz CT molecular complexity index is 1070. The van der Waals surface area contributed by atoms with Crippen LogP contribution < -0.4 is 11.1 Å². The van der Waals surface area contributed by atoms with Crippen molar-refractivity contribution in [2.45, 2.75) is 38.0 Å².